The van der Waals surface area contributed by atoms with E-state index in [0.717, 1.165) is 57.0 Å². The van der Waals surface area contributed by atoms with Crippen LogP contribution in [0.15, 0.2) is 16.5 Å². The zero-order valence-corrected chi connectivity index (χ0v) is 14.6. The Kier molecular flexibility index (Phi) is 4.39. The summed E-state index contributed by atoms with van der Waals surface area (Å²) in [4.78, 5) is 15.1. The van der Waals surface area contributed by atoms with Crippen LogP contribution in [-0.2, 0) is 4.79 Å². The number of amides is 1. The number of rotatable bonds is 5. The number of hydrogen-bond donors (Lipinski definition) is 2. The highest BCUT2D eigenvalue weighted by Crippen LogP contribution is 2.58. The molecule has 3 heterocycles. The van der Waals surface area contributed by atoms with Crippen LogP contribution in [0.25, 0.3) is 0 Å². The molecule has 2 N–H and O–H groups in total. The van der Waals surface area contributed by atoms with Crippen LogP contribution >= 0.6 is 0 Å². The van der Waals surface area contributed by atoms with Gasteiger partial charge in [0, 0.05) is 12.5 Å². The monoisotopic (exact) mass is 331 g/mol. The number of aryl methyl sites for hydroxylation is 1. The van der Waals surface area contributed by atoms with Crippen molar-refractivity contribution in [3.8, 4) is 0 Å². The Labute approximate surface area is 144 Å². The Morgan fingerprint density at radius 2 is 2.12 bits per heavy atom. The maximum Gasteiger partial charge on any atom is 0.223 e. The number of hydrogen-bond acceptors (Lipinski definition) is 4. The molecule has 24 heavy (non-hydrogen) atoms. The molecule has 2 atom stereocenters. The largest absolute Gasteiger partial charge is 0.465 e. The number of nitrogens with one attached hydrogen (secondary N) is 2. The lowest BCUT2D eigenvalue weighted by atomic mass is 9.92. The van der Waals surface area contributed by atoms with E-state index >= 15 is 0 Å². The van der Waals surface area contributed by atoms with Gasteiger partial charge >= 0.3 is 0 Å². The van der Waals surface area contributed by atoms with Crippen molar-refractivity contribution < 1.29 is 9.21 Å². The molecule has 2 unspecified atom stereocenters. The molecule has 3 aliphatic rings. The first-order chi connectivity index (χ1) is 11.7. The van der Waals surface area contributed by atoms with Crippen LogP contribution in [0.1, 0.15) is 49.7 Å². The van der Waals surface area contributed by atoms with Gasteiger partial charge in [0.2, 0.25) is 5.91 Å². The Morgan fingerprint density at radius 3 is 2.79 bits per heavy atom. The van der Waals surface area contributed by atoms with Gasteiger partial charge in [-0.05, 0) is 82.8 Å². The fourth-order valence-corrected chi connectivity index (χ4v) is 4.61. The number of nitrogens with zero attached hydrogens (tertiary/aromatic N) is 1. The second-order valence-corrected chi connectivity index (χ2v) is 7.82. The molecule has 1 amide bonds. The first-order valence-electron chi connectivity index (χ1n) is 9.47. The van der Waals surface area contributed by atoms with Crippen LogP contribution in [0.5, 0.6) is 0 Å². The highest BCUT2D eigenvalue weighted by atomic mass is 16.3. The number of furan rings is 1. The molecule has 5 nitrogen and oxygen atoms in total. The van der Waals surface area contributed by atoms with Crippen LogP contribution in [0.3, 0.4) is 0 Å². The Balaban J connectivity index is 1.37. The van der Waals surface area contributed by atoms with Gasteiger partial charge in [-0.3, -0.25) is 9.69 Å². The summed E-state index contributed by atoms with van der Waals surface area (Å²) in [5.41, 5.74) is 0.305. The van der Waals surface area contributed by atoms with E-state index in [9.17, 15) is 4.79 Å². The standard InChI is InChI=1S/C19H29N3O2/c1-14-4-5-17(24-14)16(22-10-2-3-11-22)13-21-18(23)15-12-19(15)6-8-20-9-7-19/h4-5,15-16,20H,2-3,6-13H2,1H3,(H,21,23). The lowest BCUT2D eigenvalue weighted by Crippen LogP contribution is -2.39. The van der Waals surface area contributed by atoms with E-state index in [2.05, 4.69) is 21.6 Å². The molecule has 0 radical (unpaired) electrons. The normalized spacial score (nSPS) is 27.3. The van der Waals surface area contributed by atoms with E-state index in [1.807, 2.05) is 13.0 Å². The van der Waals surface area contributed by atoms with Crippen molar-refractivity contribution in [2.24, 2.45) is 11.3 Å². The van der Waals surface area contributed by atoms with Crippen molar-refractivity contribution in [3.63, 3.8) is 0 Å². The Bertz CT molecular complexity index is 585. The maximum atomic E-state index is 12.7. The maximum absolute atomic E-state index is 12.7. The highest BCUT2D eigenvalue weighted by molar-refractivity contribution is 5.82. The van der Waals surface area contributed by atoms with Crippen molar-refractivity contribution >= 4 is 5.91 Å². The van der Waals surface area contributed by atoms with Crippen molar-refractivity contribution in [1.29, 1.82) is 0 Å². The molecular weight excluding hydrogens is 302 g/mol. The van der Waals surface area contributed by atoms with Crippen LogP contribution in [-0.4, -0.2) is 43.5 Å². The fraction of sp³-hybridized carbons (Fsp3) is 0.737. The van der Waals surface area contributed by atoms with E-state index in [1.54, 1.807) is 0 Å². The number of likely N-dealkylation sites (tertiary alicyclic amines) is 1. The minimum absolute atomic E-state index is 0.174. The number of carbonyl (C=O) groups is 1. The summed E-state index contributed by atoms with van der Waals surface area (Å²) in [6.07, 6.45) is 5.86. The quantitative estimate of drug-likeness (QED) is 0.869. The molecule has 4 rings (SSSR count). The number of piperidine rings is 1. The second kappa shape index (κ2) is 6.52. The molecule has 1 aliphatic carbocycles. The molecule has 1 aromatic rings. The van der Waals surface area contributed by atoms with Gasteiger partial charge in [-0.15, -0.1) is 0 Å². The predicted molar refractivity (Wildman–Crippen MR) is 92.6 cm³/mol. The van der Waals surface area contributed by atoms with Crippen molar-refractivity contribution in [3.05, 3.63) is 23.7 Å². The van der Waals surface area contributed by atoms with Gasteiger partial charge in [0.1, 0.15) is 11.5 Å². The van der Waals surface area contributed by atoms with Crippen molar-refractivity contribution in [2.45, 2.75) is 45.1 Å². The topological polar surface area (TPSA) is 57.5 Å². The van der Waals surface area contributed by atoms with Crippen molar-refractivity contribution in [2.75, 3.05) is 32.7 Å². The molecule has 3 fully saturated rings. The summed E-state index contributed by atoms with van der Waals surface area (Å²) in [5.74, 6) is 2.42. The molecule has 0 aromatic carbocycles. The predicted octanol–water partition coefficient (Wildman–Crippen LogP) is 2.23. The van der Waals surface area contributed by atoms with E-state index in [1.165, 1.54) is 12.8 Å². The summed E-state index contributed by atoms with van der Waals surface area (Å²) in [5, 5.41) is 6.64. The van der Waals surface area contributed by atoms with E-state index in [-0.39, 0.29) is 17.9 Å². The first kappa shape index (κ1) is 16.2. The molecule has 2 saturated heterocycles. The number of carbonyl (C=O) groups excluding carboxylic acids is 1. The summed E-state index contributed by atoms with van der Waals surface area (Å²) >= 11 is 0. The van der Waals surface area contributed by atoms with Gasteiger partial charge in [-0.2, -0.15) is 0 Å². The summed E-state index contributed by atoms with van der Waals surface area (Å²) < 4.78 is 5.88. The van der Waals surface area contributed by atoms with Crippen LogP contribution in [0.2, 0.25) is 0 Å². The molecule has 132 valence electrons. The second-order valence-electron chi connectivity index (χ2n) is 7.82. The van der Waals surface area contributed by atoms with E-state index < -0.39 is 0 Å². The zero-order valence-electron chi connectivity index (χ0n) is 14.6. The smallest absolute Gasteiger partial charge is 0.223 e. The van der Waals surface area contributed by atoms with Gasteiger partial charge in [0.25, 0.3) is 0 Å². The van der Waals surface area contributed by atoms with Gasteiger partial charge in [0.05, 0.1) is 6.04 Å². The average Bonchev–Trinajstić information content (AvgIpc) is 2.99. The lowest BCUT2D eigenvalue weighted by Gasteiger charge is -2.27. The van der Waals surface area contributed by atoms with Crippen LogP contribution in [0.4, 0.5) is 0 Å². The third-order valence-corrected chi connectivity index (χ3v) is 6.25. The highest BCUT2D eigenvalue weighted by Gasteiger charge is 2.57. The molecule has 1 aromatic heterocycles. The average molecular weight is 331 g/mol. The molecular formula is C19H29N3O2. The SMILES string of the molecule is Cc1ccc(C(CNC(=O)C2CC23CCNCC3)N2CCCC2)o1. The first-order valence-corrected chi connectivity index (χ1v) is 9.47. The molecule has 0 bridgehead atoms. The fourth-order valence-electron chi connectivity index (χ4n) is 4.61. The van der Waals surface area contributed by atoms with Crippen LogP contribution < -0.4 is 10.6 Å². The van der Waals surface area contributed by atoms with Gasteiger partial charge in [0.15, 0.2) is 0 Å². The van der Waals surface area contributed by atoms with Gasteiger partial charge in [-0.1, -0.05) is 0 Å². The lowest BCUT2D eigenvalue weighted by molar-refractivity contribution is -0.123. The Morgan fingerprint density at radius 1 is 1.38 bits per heavy atom. The molecule has 1 spiro atoms. The molecule has 5 heteroatoms. The molecule has 1 saturated carbocycles. The minimum Gasteiger partial charge on any atom is -0.465 e. The van der Waals surface area contributed by atoms with Gasteiger partial charge < -0.3 is 15.1 Å². The summed E-state index contributed by atoms with van der Waals surface area (Å²) in [7, 11) is 0. The Hall–Kier alpha value is -1.33. The third kappa shape index (κ3) is 3.11. The third-order valence-electron chi connectivity index (χ3n) is 6.25. The zero-order chi connectivity index (χ0) is 16.6. The van der Waals surface area contributed by atoms with Crippen molar-refractivity contribution in [1.82, 2.24) is 15.5 Å². The summed E-state index contributed by atoms with van der Waals surface area (Å²) in [6.45, 7) is 6.96. The van der Waals surface area contributed by atoms with Crippen LogP contribution in [0, 0.1) is 18.3 Å². The van der Waals surface area contributed by atoms with Gasteiger partial charge in [-0.25, -0.2) is 0 Å². The molecule has 2 aliphatic heterocycles. The summed E-state index contributed by atoms with van der Waals surface area (Å²) in [6, 6.07) is 4.26. The minimum atomic E-state index is 0.174. The van der Waals surface area contributed by atoms with E-state index in [0.29, 0.717) is 12.0 Å². The van der Waals surface area contributed by atoms with E-state index in [4.69, 9.17) is 4.42 Å².